The normalized spacial score (nSPS) is 13.1. The van der Waals surface area contributed by atoms with E-state index in [1.54, 1.807) is 42.5 Å². The lowest BCUT2D eigenvalue weighted by atomic mass is 10.1. The van der Waals surface area contributed by atoms with E-state index in [4.69, 9.17) is 34.8 Å². The van der Waals surface area contributed by atoms with Crippen LogP contribution in [0.5, 0.6) is 0 Å². The third-order valence-electron chi connectivity index (χ3n) is 5.99. The summed E-state index contributed by atoms with van der Waals surface area (Å²) in [5, 5.41) is 4.21. The van der Waals surface area contributed by atoms with Crippen LogP contribution in [-0.4, -0.2) is 50.0 Å². The summed E-state index contributed by atoms with van der Waals surface area (Å²) in [4.78, 5) is 28.1. The van der Waals surface area contributed by atoms with Gasteiger partial charge in [-0.2, -0.15) is 0 Å². The maximum absolute atomic E-state index is 13.5. The van der Waals surface area contributed by atoms with Gasteiger partial charge in [-0.1, -0.05) is 54.7 Å². The first-order valence-corrected chi connectivity index (χ1v) is 15.1. The molecule has 2 amide bonds. The Morgan fingerprint density at radius 2 is 1.62 bits per heavy atom. The molecule has 0 spiro atoms. The van der Waals surface area contributed by atoms with Crippen molar-refractivity contribution in [3.8, 4) is 0 Å². The van der Waals surface area contributed by atoms with Gasteiger partial charge in [0.05, 0.1) is 22.0 Å². The number of amides is 2. The Morgan fingerprint density at radius 3 is 2.16 bits per heavy atom. The molecule has 0 saturated carbocycles. The van der Waals surface area contributed by atoms with Gasteiger partial charge in [-0.25, -0.2) is 8.42 Å². The van der Waals surface area contributed by atoms with Crippen LogP contribution < -0.4 is 9.62 Å². The van der Waals surface area contributed by atoms with Crippen LogP contribution in [0.25, 0.3) is 0 Å². The van der Waals surface area contributed by atoms with Gasteiger partial charge >= 0.3 is 0 Å². The van der Waals surface area contributed by atoms with Gasteiger partial charge in [0, 0.05) is 30.6 Å². The summed E-state index contributed by atoms with van der Waals surface area (Å²) in [6, 6.07) is 10.8. The molecule has 0 saturated heterocycles. The molecule has 0 fully saturated rings. The van der Waals surface area contributed by atoms with Crippen LogP contribution in [0.15, 0.2) is 42.5 Å². The molecule has 0 aromatic heterocycles. The van der Waals surface area contributed by atoms with E-state index in [1.165, 1.54) is 9.21 Å². The molecule has 0 unspecified atom stereocenters. The summed E-state index contributed by atoms with van der Waals surface area (Å²) in [6.07, 6.45) is 2.60. The molecule has 0 heterocycles. The molecule has 204 valence electrons. The monoisotopic (exact) mass is 589 g/mol. The van der Waals surface area contributed by atoms with Crippen LogP contribution in [0.1, 0.15) is 52.0 Å². The number of anilines is 1. The molecule has 37 heavy (non-hydrogen) atoms. The highest BCUT2D eigenvalue weighted by atomic mass is 35.5. The molecule has 0 aliphatic rings. The minimum Gasteiger partial charge on any atom is -0.352 e. The van der Waals surface area contributed by atoms with Crippen molar-refractivity contribution in [3.05, 3.63) is 63.1 Å². The van der Waals surface area contributed by atoms with Gasteiger partial charge in [0.25, 0.3) is 0 Å². The summed E-state index contributed by atoms with van der Waals surface area (Å²) >= 11 is 18.2. The fraction of sp³-hybridized carbons (Fsp3) is 0.462. The summed E-state index contributed by atoms with van der Waals surface area (Å²) in [5.74, 6) is -0.494. The number of rotatable bonds is 13. The van der Waals surface area contributed by atoms with Gasteiger partial charge < -0.3 is 10.2 Å². The Morgan fingerprint density at radius 1 is 0.973 bits per heavy atom. The fourth-order valence-electron chi connectivity index (χ4n) is 3.81. The average molecular weight is 591 g/mol. The smallest absolute Gasteiger partial charge is 0.243 e. The molecule has 0 aliphatic carbocycles. The largest absolute Gasteiger partial charge is 0.352 e. The van der Waals surface area contributed by atoms with E-state index in [1.807, 2.05) is 20.8 Å². The Kier molecular flexibility index (Phi) is 12.0. The molecule has 1 N–H and O–H groups in total. The van der Waals surface area contributed by atoms with Crippen molar-refractivity contribution >= 4 is 62.3 Å². The van der Waals surface area contributed by atoms with Crippen LogP contribution in [-0.2, 0) is 26.2 Å². The molecular formula is C26H34Cl3N3O4S. The zero-order valence-corrected chi connectivity index (χ0v) is 24.6. The van der Waals surface area contributed by atoms with Crippen molar-refractivity contribution in [1.29, 1.82) is 0 Å². The van der Waals surface area contributed by atoms with Crippen LogP contribution >= 0.6 is 34.8 Å². The second-order valence-electron chi connectivity index (χ2n) is 8.93. The highest BCUT2D eigenvalue weighted by molar-refractivity contribution is 7.92. The Labute approximate surface area is 235 Å². The zero-order valence-electron chi connectivity index (χ0n) is 21.5. The molecule has 0 bridgehead atoms. The maximum Gasteiger partial charge on any atom is 0.243 e. The number of carbonyl (C=O) groups is 2. The Hall–Kier alpha value is -2.00. The van der Waals surface area contributed by atoms with Crippen molar-refractivity contribution in [3.63, 3.8) is 0 Å². The third kappa shape index (κ3) is 9.36. The van der Waals surface area contributed by atoms with Gasteiger partial charge in [-0.05, 0) is 68.1 Å². The Bertz CT molecular complexity index is 1180. The van der Waals surface area contributed by atoms with E-state index in [-0.39, 0.29) is 43.8 Å². The van der Waals surface area contributed by atoms with Gasteiger partial charge in [0.2, 0.25) is 21.8 Å². The second kappa shape index (κ2) is 14.2. The van der Waals surface area contributed by atoms with Gasteiger partial charge in [0.15, 0.2) is 0 Å². The molecule has 0 radical (unpaired) electrons. The Balaban J connectivity index is 2.24. The van der Waals surface area contributed by atoms with Crippen molar-refractivity contribution in [1.82, 2.24) is 10.2 Å². The topological polar surface area (TPSA) is 86.8 Å². The number of nitrogens with zero attached hydrogens (tertiary/aromatic N) is 2. The van der Waals surface area contributed by atoms with E-state index < -0.39 is 16.1 Å². The first-order valence-electron chi connectivity index (χ1n) is 12.1. The molecular weight excluding hydrogens is 557 g/mol. The number of nitrogens with one attached hydrogen (secondary N) is 1. The number of halogens is 3. The number of sulfonamides is 1. The predicted molar refractivity (Wildman–Crippen MR) is 152 cm³/mol. The van der Waals surface area contributed by atoms with Crippen molar-refractivity contribution < 1.29 is 18.0 Å². The average Bonchev–Trinajstić information content (AvgIpc) is 2.83. The van der Waals surface area contributed by atoms with E-state index >= 15 is 0 Å². The molecule has 2 aromatic carbocycles. The van der Waals surface area contributed by atoms with Crippen LogP contribution in [0.3, 0.4) is 0 Å². The quantitative estimate of drug-likeness (QED) is 0.314. The molecule has 2 rings (SSSR count). The van der Waals surface area contributed by atoms with Gasteiger partial charge in [0.1, 0.15) is 6.04 Å². The molecule has 2 atom stereocenters. The zero-order chi connectivity index (χ0) is 27.8. The molecule has 0 aliphatic heterocycles. The lowest BCUT2D eigenvalue weighted by molar-refractivity contribution is -0.141. The minimum atomic E-state index is -3.58. The van der Waals surface area contributed by atoms with E-state index in [9.17, 15) is 18.0 Å². The molecule has 7 nitrogen and oxygen atoms in total. The van der Waals surface area contributed by atoms with Gasteiger partial charge in [-0.3, -0.25) is 13.9 Å². The van der Waals surface area contributed by atoms with Crippen molar-refractivity contribution in [2.45, 2.75) is 65.1 Å². The van der Waals surface area contributed by atoms with E-state index in [0.717, 1.165) is 18.2 Å². The molecule has 11 heteroatoms. The van der Waals surface area contributed by atoms with Crippen molar-refractivity contribution in [2.24, 2.45) is 0 Å². The van der Waals surface area contributed by atoms with Crippen LogP contribution in [0.4, 0.5) is 5.69 Å². The predicted octanol–water partition coefficient (Wildman–Crippen LogP) is 5.92. The molecule has 2 aromatic rings. The standard InChI is InChI=1S/C26H34Cl3N3O4S/c1-5-18(3)30-26(34)24(6-2)31(17-19-9-14-22(28)23(29)16-19)25(33)8-7-15-32(37(4,35)36)21-12-10-20(27)11-13-21/h9-14,16,18,24H,5-8,15,17H2,1-4H3,(H,30,34)/t18-,24+/m1/s1. The first-order chi connectivity index (χ1) is 17.4. The lowest BCUT2D eigenvalue weighted by Crippen LogP contribution is -2.50. The summed E-state index contributed by atoms with van der Waals surface area (Å²) in [6.45, 7) is 5.99. The second-order valence-corrected chi connectivity index (χ2v) is 12.1. The van der Waals surface area contributed by atoms with Crippen molar-refractivity contribution in [2.75, 3.05) is 17.1 Å². The number of hydrogen-bond donors (Lipinski definition) is 1. The maximum atomic E-state index is 13.5. The highest BCUT2D eigenvalue weighted by Gasteiger charge is 2.29. The van der Waals surface area contributed by atoms with Gasteiger partial charge in [-0.15, -0.1) is 0 Å². The summed E-state index contributed by atoms with van der Waals surface area (Å²) in [7, 11) is -3.58. The number of carbonyl (C=O) groups excluding carboxylic acids is 2. The first kappa shape index (κ1) is 31.2. The van der Waals surface area contributed by atoms with Crippen LogP contribution in [0, 0.1) is 0 Å². The minimum absolute atomic E-state index is 0.0360. The van der Waals surface area contributed by atoms with Crippen LogP contribution in [0.2, 0.25) is 15.1 Å². The van der Waals surface area contributed by atoms with E-state index in [2.05, 4.69) is 5.32 Å². The summed E-state index contributed by atoms with van der Waals surface area (Å²) < 4.78 is 26.1. The third-order valence-corrected chi connectivity index (χ3v) is 8.18. The SMILES string of the molecule is CC[C@@H](C)NC(=O)[C@H](CC)N(Cc1ccc(Cl)c(Cl)c1)C(=O)CCCN(c1ccc(Cl)cc1)S(C)(=O)=O. The lowest BCUT2D eigenvalue weighted by Gasteiger charge is -2.32. The number of hydrogen-bond acceptors (Lipinski definition) is 4. The van der Waals surface area contributed by atoms with E-state index in [0.29, 0.717) is 27.2 Å². The number of benzene rings is 2. The fourth-order valence-corrected chi connectivity index (χ4v) is 5.22. The summed E-state index contributed by atoms with van der Waals surface area (Å²) in [5.41, 5.74) is 1.20. The highest BCUT2D eigenvalue weighted by Crippen LogP contribution is 2.25.